The highest BCUT2D eigenvalue weighted by Gasteiger charge is 2.08. The van der Waals surface area contributed by atoms with Gasteiger partial charge in [0.2, 0.25) is 5.89 Å². The second kappa shape index (κ2) is 6.54. The maximum atomic E-state index is 10.3. The molecule has 1 aromatic heterocycles. The number of ether oxygens (including phenoxy) is 1. The van der Waals surface area contributed by atoms with E-state index in [1.807, 2.05) is 24.3 Å². The summed E-state index contributed by atoms with van der Waals surface area (Å²) in [7, 11) is 0. The van der Waals surface area contributed by atoms with Crippen LogP contribution >= 0.6 is 11.6 Å². The fraction of sp³-hybridized carbons (Fsp3) is 0.0588. The van der Waals surface area contributed by atoms with Crippen molar-refractivity contribution in [3.63, 3.8) is 0 Å². The zero-order valence-electron chi connectivity index (χ0n) is 11.9. The second-order valence-corrected chi connectivity index (χ2v) is 5.12. The number of aromatic nitrogens is 1. The number of hydrogen-bond donors (Lipinski definition) is 0. The lowest BCUT2D eigenvalue weighted by molar-refractivity contribution is -0.307. The normalized spacial score (nSPS) is 11.6. The van der Waals surface area contributed by atoms with E-state index in [9.17, 15) is 9.90 Å². The van der Waals surface area contributed by atoms with Gasteiger partial charge in [-0.3, -0.25) is 0 Å². The molecule has 0 unspecified atom stereocenters. The Kier molecular flexibility index (Phi) is 4.30. The molecule has 0 radical (unpaired) electrons. The Morgan fingerprint density at radius 3 is 2.65 bits per heavy atom. The van der Waals surface area contributed by atoms with Gasteiger partial charge < -0.3 is 19.1 Å². The van der Waals surface area contributed by atoms with Gasteiger partial charge in [-0.1, -0.05) is 35.9 Å². The molecule has 0 saturated carbocycles. The van der Waals surface area contributed by atoms with Gasteiger partial charge in [-0.05, 0) is 35.9 Å². The van der Waals surface area contributed by atoms with Crippen molar-refractivity contribution in [3.05, 3.63) is 60.0 Å². The van der Waals surface area contributed by atoms with Gasteiger partial charge in [0, 0.05) is 0 Å². The lowest BCUT2D eigenvalue weighted by Gasteiger charge is -2.06. The van der Waals surface area contributed by atoms with E-state index in [0.29, 0.717) is 22.3 Å². The van der Waals surface area contributed by atoms with E-state index in [4.69, 9.17) is 20.8 Å². The van der Waals surface area contributed by atoms with Crippen LogP contribution in [0.25, 0.3) is 22.2 Å². The van der Waals surface area contributed by atoms with E-state index >= 15 is 0 Å². The number of oxazole rings is 1. The molecule has 0 aliphatic heterocycles. The zero-order valence-corrected chi connectivity index (χ0v) is 12.6. The molecule has 0 fully saturated rings. The Bertz CT molecular complexity index is 835. The number of halogens is 1. The Morgan fingerprint density at radius 2 is 1.96 bits per heavy atom. The minimum absolute atomic E-state index is 0.338. The molecule has 3 aromatic rings. The quantitative estimate of drug-likeness (QED) is 0.719. The molecule has 1 heterocycles. The summed E-state index contributed by atoms with van der Waals surface area (Å²) in [5.74, 6) is -0.498. The molecule has 23 heavy (non-hydrogen) atoms. The number of carboxylic acid groups (broad SMARTS) is 1. The number of rotatable bonds is 5. The van der Waals surface area contributed by atoms with Gasteiger partial charge >= 0.3 is 0 Å². The summed E-state index contributed by atoms with van der Waals surface area (Å²) in [5, 5.41) is 10.7. The first kappa shape index (κ1) is 15.1. The van der Waals surface area contributed by atoms with E-state index in [-0.39, 0.29) is 0 Å². The Morgan fingerprint density at radius 1 is 1.22 bits per heavy atom. The maximum Gasteiger partial charge on any atom is 0.238 e. The molecule has 0 atom stereocenters. The number of carbonyl (C=O) groups excluding carboxylic acids is 1. The summed E-state index contributed by atoms with van der Waals surface area (Å²) >= 11 is 6.24. The average Bonchev–Trinajstić information content (AvgIpc) is 2.98. The molecule has 6 heteroatoms. The first-order chi connectivity index (χ1) is 11.1. The van der Waals surface area contributed by atoms with Crippen molar-refractivity contribution < 1.29 is 19.1 Å². The first-order valence-corrected chi connectivity index (χ1v) is 7.15. The molecular weight excluding hydrogens is 318 g/mol. The fourth-order valence-electron chi connectivity index (χ4n) is 1.98. The van der Waals surface area contributed by atoms with Crippen LogP contribution in [0.4, 0.5) is 0 Å². The number of hydrogen-bond acceptors (Lipinski definition) is 5. The van der Waals surface area contributed by atoms with Gasteiger partial charge in [0.15, 0.2) is 5.58 Å². The molecule has 0 N–H and O–H groups in total. The van der Waals surface area contributed by atoms with Crippen LogP contribution < -0.4 is 9.84 Å². The first-order valence-electron chi connectivity index (χ1n) is 6.78. The lowest BCUT2D eigenvalue weighted by atomic mass is 10.2. The van der Waals surface area contributed by atoms with Crippen molar-refractivity contribution in [3.8, 4) is 5.75 Å². The highest BCUT2D eigenvalue weighted by molar-refractivity contribution is 6.50. The number of carboxylic acids is 1. The third-order valence-electron chi connectivity index (χ3n) is 3.03. The molecule has 0 aliphatic carbocycles. The summed E-state index contributed by atoms with van der Waals surface area (Å²) in [6.07, 6.45) is 1.70. The number of aliphatic carboxylic acids is 1. The maximum absolute atomic E-state index is 10.3. The summed E-state index contributed by atoms with van der Waals surface area (Å²) in [6, 6.07) is 14.2. The lowest BCUT2D eigenvalue weighted by Crippen LogP contribution is -2.28. The average molecular weight is 329 g/mol. The van der Waals surface area contributed by atoms with Gasteiger partial charge in [-0.15, -0.1) is 0 Å². The summed E-state index contributed by atoms with van der Waals surface area (Å²) < 4.78 is 10.6. The van der Waals surface area contributed by atoms with Crippen LogP contribution in [0.3, 0.4) is 0 Å². The molecule has 0 aliphatic rings. The summed E-state index contributed by atoms with van der Waals surface area (Å²) in [6.45, 7) is -0.487. The van der Waals surface area contributed by atoms with Crippen molar-refractivity contribution >= 4 is 39.8 Å². The molecule has 5 nitrogen and oxygen atoms in total. The Balaban J connectivity index is 1.78. The summed E-state index contributed by atoms with van der Waals surface area (Å²) in [5.41, 5.74) is 2.21. The SMILES string of the molecule is O=C([O-])COc1ccc(/C=C(\Cl)c2nc3ccccc3o2)cc1. The largest absolute Gasteiger partial charge is 0.546 e. The van der Waals surface area contributed by atoms with E-state index in [1.54, 1.807) is 30.3 Å². The van der Waals surface area contributed by atoms with Crippen LogP contribution in [-0.2, 0) is 4.79 Å². The predicted octanol–water partition coefficient (Wildman–Crippen LogP) is 2.69. The van der Waals surface area contributed by atoms with Crippen LogP contribution in [0.2, 0.25) is 0 Å². The van der Waals surface area contributed by atoms with Crippen LogP contribution in [0.1, 0.15) is 11.5 Å². The Labute approximate surface area is 136 Å². The standard InChI is InChI=1S/C17H12ClNO4/c18-13(17-19-14-3-1-2-4-15(14)23-17)9-11-5-7-12(8-6-11)22-10-16(20)21/h1-9H,10H2,(H,20,21)/p-1/b13-9-. The molecule has 0 amide bonds. The molecule has 0 bridgehead atoms. The smallest absolute Gasteiger partial charge is 0.238 e. The predicted molar refractivity (Wildman–Crippen MR) is 84.7 cm³/mol. The minimum Gasteiger partial charge on any atom is -0.546 e. The van der Waals surface area contributed by atoms with Crippen LogP contribution in [-0.4, -0.2) is 17.6 Å². The minimum atomic E-state index is -1.27. The van der Waals surface area contributed by atoms with Crippen molar-refractivity contribution in [1.29, 1.82) is 0 Å². The van der Waals surface area contributed by atoms with Crippen LogP contribution in [0.5, 0.6) is 5.75 Å². The number of benzene rings is 2. The number of carbonyl (C=O) groups is 1. The van der Waals surface area contributed by atoms with E-state index in [1.165, 1.54) is 0 Å². The van der Waals surface area contributed by atoms with Crippen molar-refractivity contribution in [2.24, 2.45) is 0 Å². The van der Waals surface area contributed by atoms with E-state index in [2.05, 4.69) is 4.98 Å². The highest BCUT2D eigenvalue weighted by atomic mass is 35.5. The molecular formula is C17H11ClNO4-. The van der Waals surface area contributed by atoms with Gasteiger partial charge in [0.25, 0.3) is 0 Å². The van der Waals surface area contributed by atoms with Gasteiger partial charge in [-0.2, -0.15) is 0 Å². The number of nitrogens with zero attached hydrogens (tertiary/aromatic N) is 1. The topological polar surface area (TPSA) is 75.4 Å². The molecule has 3 rings (SSSR count). The van der Waals surface area contributed by atoms with Gasteiger partial charge in [0.1, 0.15) is 22.9 Å². The van der Waals surface area contributed by atoms with Gasteiger partial charge in [-0.25, -0.2) is 4.98 Å². The molecule has 116 valence electrons. The molecule has 0 spiro atoms. The fourth-order valence-corrected chi connectivity index (χ4v) is 2.19. The monoisotopic (exact) mass is 328 g/mol. The Hall–Kier alpha value is -2.79. The van der Waals surface area contributed by atoms with Crippen LogP contribution in [0, 0.1) is 0 Å². The highest BCUT2D eigenvalue weighted by Crippen LogP contribution is 2.26. The number of para-hydroxylation sites is 2. The van der Waals surface area contributed by atoms with Gasteiger partial charge in [0.05, 0.1) is 5.97 Å². The molecule has 0 saturated heterocycles. The third-order valence-corrected chi connectivity index (χ3v) is 3.30. The second-order valence-electron chi connectivity index (χ2n) is 4.71. The molecule has 2 aromatic carbocycles. The van der Waals surface area contributed by atoms with Crippen molar-refractivity contribution in [2.75, 3.05) is 6.61 Å². The van der Waals surface area contributed by atoms with Crippen molar-refractivity contribution in [1.82, 2.24) is 4.98 Å². The third kappa shape index (κ3) is 3.70. The van der Waals surface area contributed by atoms with Crippen LogP contribution in [0.15, 0.2) is 52.9 Å². The van der Waals surface area contributed by atoms with Crippen molar-refractivity contribution in [2.45, 2.75) is 0 Å². The number of fused-ring (bicyclic) bond motifs is 1. The van der Waals surface area contributed by atoms with E-state index in [0.717, 1.165) is 11.1 Å². The summed E-state index contributed by atoms with van der Waals surface area (Å²) in [4.78, 5) is 14.6. The zero-order chi connectivity index (χ0) is 16.2. The van der Waals surface area contributed by atoms with E-state index < -0.39 is 12.6 Å².